The minimum atomic E-state index is -1.02. The van der Waals surface area contributed by atoms with Gasteiger partial charge in [-0.2, -0.15) is 0 Å². The van der Waals surface area contributed by atoms with E-state index < -0.39 is 5.54 Å². The van der Waals surface area contributed by atoms with E-state index in [2.05, 4.69) is 31.5 Å². The molecule has 3 aromatic rings. The molecule has 1 fully saturated rings. The van der Waals surface area contributed by atoms with Crippen LogP contribution < -0.4 is 10.6 Å². The maximum Gasteiger partial charge on any atom is 0.248 e. The lowest BCUT2D eigenvalue weighted by atomic mass is 9.86. The fourth-order valence-corrected chi connectivity index (χ4v) is 4.82. The summed E-state index contributed by atoms with van der Waals surface area (Å²) in [6, 6.07) is 9.06. The Balaban J connectivity index is 1.44. The van der Waals surface area contributed by atoms with Gasteiger partial charge < -0.3 is 20.5 Å². The van der Waals surface area contributed by atoms with Crippen molar-refractivity contribution in [3.8, 4) is 0 Å². The Morgan fingerprint density at radius 3 is 2.69 bits per heavy atom. The number of hydrogen-bond donors (Lipinski definition) is 3. The van der Waals surface area contributed by atoms with E-state index in [9.17, 15) is 18.4 Å². The first-order valence-electron chi connectivity index (χ1n) is 11.4. The molecule has 184 valence electrons. The Morgan fingerprint density at radius 2 is 1.94 bits per heavy atom. The second-order valence-electron chi connectivity index (χ2n) is 8.81. The summed E-state index contributed by atoms with van der Waals surface area (Å²) < 4.78 is 27.5. The Hall–Kier alpha value is -3.04. The average Bonchev–Trinajstić information content (AvgIpc) is 3.25. The highest BCUT2D eigenvalue weighted by Crippen LogP contribution is 2.24. The molecule has 0 bridgehead atoms. The monoisotopic (exact) mass is 544 g/mol. The largest absolute Gasteiger partial charge is 0.361 e. The molecule has 1 aromatic heterocycles. The van der Waals surface area contributed by atoms with Crippen LogP contribution in [0, 0.1) is 11.6 Å². The van der Waals surface area contributed by atoms with Gasteiger partial charge in [-0.3, -0.25) is 9.59 Å². The molecule has 2 amide bonds. The van der Waals surface area contributed by atoms with Gasteiger partial charge in [-0.25, -0.2) is 8.78 Å². The van der Waals surface area contributed by atoms with Gasteiger partial charge in [0.1, 0.15) is 17.2 Å². The summed E-state index contributed by atoms with van der Waals surface area (Å²) >= 11 is 3.13. The molecular formula is C26H27BrF2N4O2. The molecule has 35 heavy (non-hydrogen) atoms. The minimum Gasteiger partial charge on any atom is -0.361 e. The van der Waals surface area contributed by atoms with Gasteiger partial charge in [0.05, 0.1) is 4.47 Å². The highest BCUT2D eigenvalue weighted by molar-refractivity contribution is 9.10. The van der Waals surface area contributed by atoms with Crippen molar-refractivity contribution >= 4 is 44.7 Å². The molecule has 0 aliphatic carbocycles. The van der Waals surface area contributed by atoms with E-state index >= 15 is 0 Å². The van der Waals surface area contributed by atoms with E-state index in [1.54, 1.807) is 36.2 Å². The number of benzene rings is 2. The van der Waals surface area contributed by atoms with Crippen LogP contribution in [-0.4, -0.2) is 53.9 Å². The number of likely N-dealkylation sites (N-methyl/N-ethyl adjacent to an activating group) is 1. The number of hydrogen-bond acceptors (Lipinski definition) is 3. The van der Waals surface area contributed by atoms with Crippen LogP contribution in [0.5, 0.6) is 0 Å². The van der Waals surface area contributed by atoms with Gasteiger partial charge in [-0.15, -0.1) is 0 Å². The lowest BCUT2D eigenvalue weighted by Crippen LogP contribution is -2.63. The van der Waals surface area contributed by atoms with Crippen LogP contribution in [0.15, 0.2) is 53.1 Å². The van der Waals surface area contributed by atoms with E-state index in [1.165, 1.54) is 24.3 Å². The topological polar surface area (TPSA) is 77.2 Å². The molecule has 0 unspecified atom stereocenters. The van der Waals surface area contributed by atoms with E-state index in [0.717, 1.165) is 16.5 Å². The number of aromatic amines is 1. The van der Waals surface area contributed by atoms with E-state index in [1.807, 2.05) is 6.20 Å². The summed E-state index contributed by atoms with van der Waals surface area (Å²) in [7, 11) is 1.72. The number of nitrogens with zero attached hydrogens (tertiary/aromatic N) is 1. The Bertz CT molecular complexity index is 1270. The smallest absolute Gasteiger partial charge is 0.248 e. The predicted molar refractivity (Wildman–Crippen MR) is 136 cm³/mol. The number of carbonyl (C=O) groups is 2. The highest BCUT2D eigenvalue weighted by atomic mass is 79.9. The molecule has 0 radical (unpaired) electrons. The number of halogens is 3. The number of carbonyl (C=O) groups excluding carboxylic acids is 2. The normalized spacial score (nSPS) is 15.4. The van der Waals surface area contributed by atoms with Gasteiger partial charge >= 0.3 is 0 Å². The molecule has 0 saturated carbocycles. The van der Waals surface area contributed by atoms with Crippen molar-refractivity contribution in [1.29, 1.82) is 0 Å². The van der Waals surface area contributed by atoms with Crippen LogP contribution in [0.3, 0.4) is 0 Å². The quantitative estimate of drug-likeness (QED) is 0.391. The Kier molecular flexibility index (Phi) is 7.66. The van der Waals surface area contributed by atoms with E-state index in [-0.39, 0.29) is 23.4 Å². The van der Waals surface area contributed by atoms with Crippen molar-refractivity contribution in [3.05, 3.63) is 75.9 Å². The fourth-order valence-electron chi connectivity index (χ4n) is 4.42. The number of amides is 2. The first-order chi connectivity index (χ1) is 16.8. The Labute approximate surface area is 210 Å². The number of rotatable bonds is 7. The van der Waals surface area contributed by atoms with Gasteiger partial charge in [0, 0.05) is 36.8 Å². The van der Waals surface area contributed by atoms with Crippen LogP contribution in [0.25, 0.3) is 17.0 Å². The molecule has 4 rings (SSSR count). The van der Waals surface area contributed by atoms with Crippen molar-refractivity contribution in [1.82, 2.24) is 20.5 Å². The summed E-state index contributed by atoms with van der Waals surface area (Å²) in [5, 5.41) is 6.98. The highest BCUT2D eigenvalue weighted by Gasteiger charge is 2.42. The molecule has 3 N–H and O–H groups in total. The van der Waals surface area contributed by atoms with Crippen molar-refractivity contribution in [2.24, 2.45) is 0 Å². The fraction of sp³-hybridized carbons (Fsp3) is 0.308. The molecule has 1 saturated heterocycles. The number of aromatic nitrogens is 1. The van der Waals surface area contributed by atoms with Crippen molar-refractivity contribution in [2.75, 3.05) is 26.7 Å². The number of piperidine rings is 1. The van der Waals surface area contributed by atoms with Gasteiger partial charge in [0.2, 0.25) is 11.8 Å². The third-order valence-corrected chi connectivity index (χ3v) is 7.00. The second-order valence-corrected chi connectivity index (χ2v) is 9.66. The number of nitrogens with one attached hydrogen (secondary N) is 3. The molecule has 9 heteroatoms. The Morgan fingerprint density at radius 1 is 1.17 bits per heavy atom. The third-order valence-electron chi connectivity index (χ3n) is 6.39. The molecule has 0 atom stereocenters. The van der Waals surface area contributed by atoms with Gasteiger partial charge in [0.15, 0.2) is 0 Å². The zero-order chi connectivity index (χ0) is 25.0. The molecule has 6 nitrogen and oxygen atoms in total. The second kappa shape index (κ2) is 10.7. The summed E-state index contributed by atoms with van der Waals surface area (Å²) in [5.41, 5.74) is 1.41. The third kappa shape index (κ3) is 5.79. The molecule has 2 aromatic carbocycles. The van der Waals surface area contributed by atoms with E-state index in [0.29, 0.717) is 48.9 Å². The van der Waals surface area contributed by atoms with Crippen molar-refractivity contribution in [3.63, 3.8) is 0 Å². The first-order valence-corrected chi connectivity index (χ1v) is 12.2. The molecule has 2 heterocycles. The van der Waals surface area contributed by atoms with Gasteiger partial charge in [-0.05, 0) is 95.8 Å². The number of H-pyrrole nitrogens is 1. The minimum absolute atomic E-state index is 0.156. The predicted octanol–water partition coefficient (Wildman–Crippen LogP) is 4.16. The summed E-state index contributed by atoms with van der Waals surface area (Å²) in [6.07, 6.45) is 6.26. The first kappa shape index (κ1) is 25.1. The van der Waals surface area contributed by atoms with Gasteiger partial charge in [0.25, 0.3) is 0 Å². The molecular weight excluding hydrogens is 518 g/mol. The molecule has 1 aliphatic heterocycles. The lowest BCUT2D eigenvalue weighted by Gasteiger charge is -2.39. The van der Waals surface area contributed by atoms with Crippen LogP contribution in [-0.2, 0) is 16.0 Å². The van der Waals surface area contributed by atoms with E-state index in [4.69, 9.17) is 0 Å². The van der Waals surface area contributed by atoms with Crippen LogP contribution >= 0.6 is 15.9 Å². The van der Waals surface area contributed by atoms with Crippen LogP contribution in [0.2, 0.25) is 0 Å². The van der Waals surface area contributed by atoms with Crippen molar-refractivity contribution < 1.29 is 18.4 Å². The maximum absolute atomic E-state index is 13.7. The van der Waals surface area contributed by atoms with Crippen LogP contribution in [0.1, 0.15) is 24.0 Å². The average molecular weight is 545 g/mol. The summed E-state index contributed by atoms with van der Waals surface area (Å²) in [6.45, 7) is 1.64. The maximum atomic E-state index is 13.7. The zero-order valence-corrected chi connectivity index (χ0v) is 20.9. The summed E-state index contributed by atoms with van der Waals surface area (Å²) in [4.78, 5) is 31.1. The van der Waals surface area contributed by atoms with Gasteiger partial charge in [-0.1, -0.05) is 6.07 Å². The van der Waals surface area contributed by atoms with Crippen LogP contribution in [0.4, 0.5) is 8.78 Å². The zero-order valence-electron chi connectivity index (χ0n) is 19.3. The summed E-state index contributed by atoms with van der Waals surface area (Å²) in [5.74, 6) is -1.23. The molecule has 1 aliphatic rings. The standard InChI is InChI=1S/C26H27BrF2N4O2/c1-33(13-8-18-16-31-23-6-4-19(28)15-20(18)23)25(35)26(9-11-30-12-10-26)32-24(34)7-3-17-2-5-22(29)21(27)14-17/h2-7,14-16,30-31H,8-13H2,1H3,(H,32,34)/b7-3+. The number of fused-ring (bicyclic) bond motifs is 1. The lowest BCUT2D eigenvalue weighted by molar-refractivity contribution is -0.141. The SMILES string of the molecule is CN(CCc1c[nH]c2ccc(F)cc12)C(=O)C1(NC(=O)/C=C/c2ccc(F)c(Br)c2)CCNCC1. The molecule has 0 spiro atoms. The van der Waals surface area contributed by atoms with Crippen molar-refractivity contribution in [2.45, 2.75) is 24.8 Å².